The molecule has 0 aromatic heterocycles. The van der Waals surface area contributed by atoms with Crippen LogP contribution in [0.5, 0.6) is 0 Å². The normalized spacial score (nSPS) is 18.0. The number of hydrogen-bond donors (Lipinski definition) is 2. The van der Waals surface area contributed by atoms with Gasteiger partial charge >= 0.3 is 0 Å². The first kappa shape index (κ1) is 17.8. The lowest BCUT2D eigenvalue weighted by Crippen LogP contribution is -2.40. The van der Waals surface area contributed by atoms with Crippen LogP contribution in [0.4, 0.5) is 5.69 Å². The summed E-state index contributed by atoms with van der Waals surface area (Å²) in [6.07, 6.45) is 3.06. The number of nitrogens with zero attached hydrogens (tertiary/aromatic N) is 2. The minimum Gasteiger partial charge on any atom is -0.371 e. The minimum absolute atomic E-state index is 0. The fourth-order valence-corrected chi connectivity index (χ4v) is 2.50. The van der Waals surface area contributed by atoms with Crippen LogP contribution < -0.4 is 15.5 Å². The van der Waals surface area contributed by atoms with E-state index in [0.717, 1.165) is 32.1 Å². The van der Waals surface area contributed by atoms with Crippen LogP contribution in [0, 0.1) is 5.92 Å². The lowest BCUT2D eigenvalue weighted by molar-refractivity contribution is 0.567. The summed E-state index contributed by atoms with van der Waals surface area (Å²) in [6.45, 7) is 7.63. The molecule has 0 radical (unpaired) electrons. The topological polar surface area (TPSA) is 39.7 Å². The first-order valence-corrected chi connectivity index (χ1v) is 7.19. The summed E-state index contributed by atoms with van der Waals surface area (Å²) in [5.41, 5.74) is 1.32. The molecule has 0 amide bonds. The molecule has 1 aromatic carbocycles. The molecule has 1 aromatic rings. The predicted molar refractivity (Wildman–Crippen MR) is 102 cm³/mol. The molecule has 1 aliphatic rings. The number of nitrogens with one attached hydrogen (secondary N) is 2. The molecular weight excluding hydrogens is 375 g/mol. The number of anilines is 1. The van der Waals surface area contributed by atoms with Crippen molar-refractivity contribution in [1.29, 1.82) is 0 Å². The average Bonchev–Trinajstić information content (AvgIpc) is 2.97. The van der Waals surface area contributed by atoms with Gasteiger partial charge in [0.15, 0.2) is 5.96 Å². The molecule has 1 unspecified atom stereocenters. The lowest BCUT2D eigenvalue weighted by atomic mass is 10.1. The van der Waals surface area contributed by atoms with Crippen LogP contribution in [0.15, 0.2) is 48.0 Å². The van der Waals surface area contributed by atoms with Crippen LogP contribution in [-0.2, 0) is 0 Å². The van der Waals surface area contributed by atoms with Crippen molar-refractivity contribution in [2.45, 2.75) is 6.42 Å². The van der Waals surface area contributed by atoms with Gasteiger partial charge in [-0.15, -0.1) is 30.6 Å². The Bertz CT molecular complexity index is 447. The largest absolute Gasteiger partial charge is 0.371 e. The van der Waals surface area contributed by atoms with Crippen molar-refractivity contribution in [2.24, 2.45) is 10.9 Å². The highest BCUT2D eigenvalue weighted by Crippen LogP contribution is 2.22. The van der Waals surface area contributed by atoms with Gasteiger partial charge in [0.1, 0.15) is 0 Å². The van der Waals surface area contributed by atoms with Crippen molar-refractivity contribution in [3.63, 3.8) is 0 Å². The Labute approximate surface area is 144 Å². The van der Waals surface area contributed by atoms with Crippen LogP contribution in [-0.4, -0.2) is 39.2 Å². The van der Waals surface area contributed by atoms with Crippen molar-refractivity contribution in [2.75, 3.05) is 38.1 Å². The maximum atomic E-state index is 4.20. The number of para-hydroxylation sites is 1. The Morgan fingerprint density at radius 2 is 2.14 bits per heavy atom. The van der Waals surface area contributed by atoms with E-state index in [1.807, 2.05) is 6.08 Å². The van der Waals surface area contributed by atoms with Gasteiger partial charge < -0.3 is 15.5 Å². The van der Waals surface area contributed by atoms with E-state index >= 15 is 0 Å². The fourth-order valence-electron chi connectivity index (χ4n) is 2.50. The van der Waals surface area contributed by atoms with E-state index in [1.54, 1.807) is 7.05 Å². The second kappa shape index (κ2) is 9.65. The molecule has 0 saturated carbocycles. The average molecular weight is 400 g/mol. The molecule has 1 heterocycles. The molecule has 1 saturated heterocycles. The highest BCUT2D eigenvalue weighted by molar-refractivity contribution is 14.0. The molecular formula is C16H25IN4. The third kappa shape index (κ3) is 5.57. The Morgan fingerprint density at radius 1 is 1.38 bits per heavy atom. The number of halogens is 1. The molecule has 1 aliphatic heterocycles. The predicted octanol–water partition coefficient (Wildman–Crippen LogP) is 2.48. The smallest absolute Gasteiger partial charge is 0.191 e. The molecule has 5 heteroatoms. The van der Waals surface area contributed by atoms with Gasteiger partial charge in [0.2, 0.25) is 0 Å². The summed E-state index contributed by atoms with van der Waals surface area (Å²) in [4.78, 5) is 6.65. The maximum Gasteiger partial charge on any atom is 0.191 e. The maximum absolute atomic E-state index is 4.20. The van der Waals surface area contributed by atoms with Crippen molar-refractivity contribution >= 4 is 35.6 Å². The van der Waals surface area contributed by atoms with Gasteiger partial charge in [0.25, 0.3) is 0 Å². The third-order valence-electron chi connectivity index (χ3n) is 3.60. The quantitative estimate of drug-likeness (QED) is 0.345. The standard InChI is InChI=1S/C16H24N4.HI/c1-3-10-18-16(17-2)19-12-14-9-11-20(13-14)15-7-5-4-6-8-15;/h3-8,14H,1,9-13H2,2H3,(H2,17,18,19);1H. The van der Waals surface area contributed by atoms with Gasteiger partial charge in [0.05, 0.1) is 0 Å². The molecule has 0 aliphatic carbocycles. The molecule has 0 spiro atoms. The van der Waals surface area contributed by atoms with Gasteiger partial charge in [0, 0.05) is 38.9 Å². The van der Waals surface area contributed by atoms with Gasteiger partial charge in [-0.1, -0.05) is 24.3 Å². The summed E-state index contributed by atoms with van der Waals surface area (Å²) < 4.78 is 0. The third-order valence-corrected chi connectivity index (χ3v) is 3.60. The van der Waals surface area contributed by atoms with E-state index in [9.17, 15) is 0 Å². The van der Waals surface area contributed by atoms with E-state index in [-0.39, 0.29) is 24.0 Å². The Morgan fingerprint density at radius 3 is 2.81 bits per heavy atom. The number of aliphatic imine (C=N–C) groups is 1. The molecule has 2 rings (SSSR count). The van der Waals surface area contributed by atoms with E-state index in [4.69, 9.17) is 0 Å². The second-order valence-corrected chi connectivity index (χ2v) is 5.06. The minimum atomic E-state index is 0. The number of benzene rings is 1. The van der Waals surface area contributed by atoms with E-state index in [1.165, 1.54) is 12.1 Å². The molecule has 1 atom stereocenters. The molecule has 4 nitrogen and oxygen atoms in total. The number of rotatable bonds is 5. The summed E-state index contributed by atoms with van der Waals surface area (Å²) >= 11 is 0. The molecule has 1 fully saturated rings. The monoisotopic (exact) mass is 400 g/mol. The summed E-state index contributed by atoms with van der Waals surface area (Å²) in [7, 11) is 1.79. The van der Waals surface area contributed by atoms with Crippen LogP contribution in [0.2, 0.25) is 0 Å². The highest BCUT2D eigenvalue weighted by Gasteiger charge is 2.22. The van der Waals surface area contributed by atoms with Gasteiger partial charge in [-0.3, -0.25) is 4.99 Å². The Hall–Kier alpha value is -1.24. The van der Waals surface area contributed by atoms with Crippen LogP contribution in [0.25, 0.3) is 0 Å². The van der Waals surface area contributed by atoms with Gasteiger partial charge in [-0.05, 0) is 24.5 Å². The van der Waals surface area contributed by atoms with Gasteiger partial charge in [-0.25, -0.2) is 0 Å². The first-order valence-electron chi connectivity index (χ1n) is 7.19. The van der Waals surface area contributed by atoms with Crippen LogP contribution in [0.1, 0.15) is 6.42 Å². The molecule has 2 N–H and O–H groups in total. The fraction of sp³-hybridized carbons (Fsp3) is 0.438. The van der Waals surface area contributed by atoms with Crippen molar-refractivity contribution < 1.29 is 0 Å². The first-order chi connectivity index (χ1) is 9.83. The van der Waals surface area contributed by atoms with Crippen molar-refractivity contribution in [1.82, 2.24) is 10.6 Å². The van der Waals surface area contributed by atoms with Crippen LogP contribution in [0.3, 0.4) is 0 Å². The zero-order chi connectivity index (χ0) is 14.2. The highest BCUT2D eigenvalue weighted by atomic mass is 127. The van der Waals surface area contributed by atoms with Crippen molar-refractivity contribution in [3.8, 4) is 0 Å². The number of hydrogen-bond acceptors (Lipinski definition) is 2. The molecule has 21 heavy (non-hydrogen) atoms. The summed E-state index contributed by atoms with van der Waals surface area (Å²) in [6, 6.07) is 10.6. The summed E-state index contributed by atoms with van der Waals surface area (Å²) in [5, 5.41) is 6.58. The zero-order valence-corrected chi connectivity index (χ0v) is 14.9. The van der Waals surface area contributed by atoms with Crippen molar-refractivity contribution in [3.05, 3.63) is 43.0 Å². The van der Waals surface area contributed by atoms with Crippen LogP contribution >= 0.6 is 24.0 Å². The number of guanidine groups is 1. The second-order valence-electron chi connectivity index (χ2n) is 5.06. The Kier molecular flexibility index (Phi) is 8.19. The zero-order valence-electron chi connectivity index (χ0n) is 12.6. The molecule has 0 bridgehead atoms. The van der Waals surface area contributed by atoms with E-state index < -0.39 is 0 Å². The van der Waals surface area contributed by atoms with E-state index in [0.29, 0.717) is 5.92 Å². The lowest BCUT2D eigenvalue weighted by Gasteiger charge is -2.19. The SMILES string of the molecule is C=CCNC(=NC)NCC1CCN(c2ccccc2)C1.I. The van der Waals surface area contributed by atoms with E-state index in [2.05, 4.69) is 57.4 Å². The van der Waals surface area contributed by atoms with Gasteiger partial charge in [-0.2, -0.15) is 0 Å². The summed E-state index contributed by atoms with van der Waals surface area (Å²) in [5.74, 6) is 1.51. The Balaban J connectivity index is 0.00000220. The molecule has 116 valence electrons.